The summed E-state index contributed by atoms with van der Waals surface area (Å²) in [6.45, 7) is 0. The molecule has 5 heteroatoms. The molecule has 0 fully saturated rings. The second-order valence-electron chi connectivity index (χ2n) is 2.62. The molecule has 0 aliphatic heterocycles. The van der Waals surface area contributed by atoms with Gasteiger partial charge in [-0.2, -0.15) is 13.2 Å². The van der Waals surface area contributed by atoms with Crippen molar-refractivity contribution < 1.29 is 18.0 Å². The number of alkyl halides is 3. The van der Waals surface area contributed by atoms with Gasteiger partial charge in [0.1, 0.15) is 0 Å². The predicted molar refractivity (Wildman–Crippen MR) is 54.1 cm³/mol. The van der Waals surface area contributed by atoms with Crippen LogP contribution in [0.3, 0.4) is 0 Å². The summed E-state index contributed by atoms with van der Waals surface area (Å²) in [7, 11) is 0. The summed E-state index contributed by atoms with van der Waals surface area (Å²) in [4.78, 5) is 10.0. The number of halogens is 3. The van der Waals surface area contributed by atoms with Crippen LogP contribution in [0.1, 0.15) is 5.56 Å². The molecule has 0 aliphatic carbocycles. The molecule has 0 N–H and O–H groups in total. The first-order chi connectivity index (χ1) is 7.01. The van der Waals surface area contributed by atoms with E-state index in [9.17, 15) is 18.0 Å². The Morgan fingerprint density at radius 3 is 2.27 bits per heavy atom. The minimum atomic E-state index is -4.43. The van der Waals surface area contributed by atoms with Crippen LogP contribution in [-0.2, 0) is 4.79 Å². The normalized spacial score (nSPS) is 12.6. The van der Waals surface area contributed by atoms with E-state index in [4.69, 9.17) is 0 Å². The molecule has 0 aromatic heterocycles. The van der Waals surface area contributed by atoms with E-state index >= 15 is 0 Å². The molecule has 0 heterocycles. The fourth-order valence-electron chi connectivity index (χ4n) is 0.935. The van der Waals surface area contributed by atoms with Crippen molar-refractivity contribution in [2.45, 2.75) is 5.51 Å². The average molecular weight is 232 g/mol. The van der Waals surface area contributed by atoms with Gasteiger partial charge in [0, 0.05) is 0 Å². The minimum absolute atomic E-state index is 0.200. The van der Waals surface area contributed by atoms with E-state index in [-0.39, 0.29) is 11.2 Å². The number of thioether (sulfide) groups is 1. The fourth-order valence-corrected chi connectivity index (χ4v) is 1.45. The Balaban J connectivity index is 2.84. The van der Waals surface area contributed by atoms with Crippen LogP contribution in [0.5, 0.6) is 0 Å². The third kappa shape index (κ3) is 4.69. The minimum Gasteiger partial charge on any atom is -0.297 e. The van der Waals surface area contributed by atoms with Gasteiger partial charge >= 0.3 is 5.51 Å². The number of carbonyl (C=O) groups is 1. The van der Waals surface area contributed by atoms with Crippen LogP contribution in [0, 0.1) is 0 Å². The predicted octanol–water partition coefficient (Wildman–Crippen LogP) is 3.48. The Morgan fingerprint density at radius 1 is 1.20 bits per heavy atom. The smallest absolute Gasteiger partial charge is 0.297 e. The zero-order chi connectivity index (χ0) is 11.3. The fraction of sp³-hybridized carbons (Fsp3) is 0.100. The van der Waals surface area contributed by atoms with Crippen LogP contribution < -0.4 is 0 Å². The lowest BCUT2D eigenvalue weighted by Crippen LogP contribution is -2.00. The first-order valence-corrected chi connectivity index (χ1v) is 4.80. The molecular weight excluding hydrogens is 225 g/mol. The highest BCUT2D eigenvalue weighted by Crippen LogP contribution is 2.36. The van der Waals surface area contributed by atoms with Gasteiger partial charge in [-0.3, -0.25) is 4.79 Å². The van der Waals surface area contributed by atoms with Crippen LogP contribution in [-0.4, -0.2) is 11.8 Å². The highest BCUT2D eigenvalue weighted by molar-refractivity contribution is 8.04. The summed E-state index contributed by atoms with van der Waals surface area (Å²) in [6, 6.07) is 8.37. The molecule has 0 amide bonds. The molecule has 0 aliphatic rings. The molecule has 1 aromatic rings. The largest absolute Gasteiger partial charge is 0.446 e. The molecule has 0 saturated heterocycles. The van der Waals surface area contributed by atoms with Crippen molar-refractivity contribution in [1.82, 2.24) is 0 Å². The van der Waals surface area contributed by atoms with Gasteiger partial charge in [-0.25, -0.2) is 0 Å². The number of aldehydes is 1. The maximum absolute atomic E-state index is 12.0. The van der Waals surface area contributed by atoms with Crippen LogP contribution in [0.15, 0.2) is 35.2 Å². The van der Waals surface area contributed by atoms with Gasteiger partial charge < -0.3 is 0 Å². The van der Waals surface area contributed by atoms with Crippen molar-refractivity contribution in [3.05, 3.63) is 40.8 Å². The number of rotatable bonds is 3. The van der Waals surface area contributed by atoms with E-state index < -0.39 is 17.3 Å². The molecule has 1 rings (SSSR count). The van der Waals surface area contributed by atoms with E-state index in [1.165, 1.54) is 6.08 Å². The lowest BCUT2D eigenvalue weighted by atomic mass is 10.2. The Morgan fingerprint density at radius 2 is 1.80 bits per heavy atom. The summed E-state index contributed by atoms with van der Waals surface area (Å²) >= 11 is -0.410. The SMILES string of the molecule is O=CC(=Cc1ccccc1)SC(F)(F)F. The van der Waals surface area contributed by atoms with E-state index in [1.807, 2.05) is 0 Å². The number of carbonyl (C=O) groups excluding carboxylic acids is 1. The number of hydrogen-bond acceptors (Lipinski definition) is 2. The average Bonchev–Trinajstić information content (AvgIpc) is 2.16. The van der Waals surface area contributed by atoms with Crippen molar-refractivity contribution in [2.75, 3.05) is 0 Å². The molecule has 0 atom stereocenters. The van der Waals surface area contributed by atoms with Crippen LogP contribution in [0.4, 0.5) is 13.2 Å². The number of allylic oxidation sites excluding steroid dienone is 1. The van der Waals surface area contributed by atoms with Crippen molar-refractivity contribution >= 4 is 24.1 Å². The van der Waals surface area contributed by atoms with Crippen molar-refractivity contribution in [1.29, 1.82) is 0 Å². The maximum Gasteiger partial charge on any atom is 0.446 e. The Hall–Kier alpha value is -1.23. The second kappa shape index (κ2) is 5.02. The zero-order valence-corrected chi connectivity index (χ0v) is 8.31. The van der Waals surface area contributed by atoms with E-state index in [1.54, 1.807) is 30.3 Å². The third-order valence-corrected chi connectivity index (χ3v) is 2.14. The highest BCUT2D eigenvalue weighted by atomic mass is 32.2. The van der Waals surface area contributed by atoms with Gasteiger partial charge in [-0.1, -0.05) is 30.3 Å². The third-order valence-electron chi connectivity index (χ3n) is 1.46. The monoisotopic (exact) mass is 232 g/mol. The zero-order valence-electron chi connectivity index (χ0n) is 7.49. The molecule has 80 valence electrons. The van der Waals surface area contributed by atoms with Crippen LogP contribution in [0.2, 0.25) is 0 Å². The summed E-state index contributed by atoms with van der Waals surface area (Å²) in [5, 5.41) is 0. The molecule has 1 aromatic carbocycles. The molecule has 0 spiro atoms. The van der Waals surface area contributed by atoms with Gasteiger partial charge in [0.15, 0.2) is 6.29 Å². The Labute approximate surface area is 89.0 Å². The highest BCUT2D eigenvalue weighted by Gasteiger charge is 2.30. The molecule has 0 saturated carbocycles. The summed E-state index contributed by atoms with van der Waals surface area (Å²) in [6.07, 6.45) is 1.40. The molecule has 0 bridgehead atoms. The van der Waals surface area contributed by atoms with Crippen molar-refractivity contribution in [2.24, 2.45) is 0 Å². The first kappa shape index (κ1) is 11.8. The van der Waals surface area contributed by atoms with Gasteiger partial charge in [0.05, 0.1) is 4.91 Å². The standard InChI is InChI=1S/C10H7F3OS/c11-10(12,13)15-9(7-14)6-8-4-2-1-3-5-8/h1-7H. The Bertz CT molecular complexity index is 357. The molecule has 1 nitrogen and oxygen atoms in total. The first-order valence-electron chi connectivity index (χ1n) is 3.99. The van der Waals surface area contributed by atoms with E-state index in [0.717, 1.165) is 0 Å². The Kier molecular flexibility index (Phi) is 3.96. The number of benzene rings is 1. The molecule has 15 heavy (non-hydrogen) atoms. The van der Waals surface area contributed by atoms with E-state index in [2.05, 4.69) is 0 Å². The molecular formula is C10H7F3OS. The second-order valence-corrected chi connectivity index (χ2v) is 3.76. The summed E-state index contributed by atoms with van der Waals surface area (Å²) in [5.74, 6) is 0. The van der Waals surface area contributed by atoms with Gasteiger partial charge in [-0.15, -0.1) is 0 Å². The van der Waals surface area contributed by atoms with Crippen molar-refractivity contribution in [3.63, 3.8) is 0 Å². The quantitative estimate of drug-likeness (QED) is 0.586. The van der Waals surface area contributed by atoms with Gasteiger partial charge in [0.25, 0.3) is 0 Å². The van der Waals surface area contributed by atoms with Gasteiger partial charge in [0.2, 0.25) is 0 Å². The number of hydrogen-bond donors (Lipinski definition) is 0. The molecule has 0 radical (unpaired) electrons. The van der Waals surface area contributed by atoms with E-state index in [0.29, 0.717) is 5.56 Å². The topological polar surface area (TPSA) is 17.1 Å². The lowest BCUT2D eigenvalue weighted by molar-refractivity contribution is -0.104. The lowest BCUT2D eigenvalue weighted by Gasteiger charge is -2.04. The van der Waals surface area contributed by atoms with Crippen LogP contribution in [0.25, 0.3) is 6.08 Å². The maximum atomic E-state index is 12.0. The van der Waals surface area contributed by atoms with Gasteiger partial charge in [-0.05, 0) is 23.4 Å². The van der Waals surface area contributed by atoms with Crippen LogP contribution >= 0.6 is 11.8 Å². The summed E-state index contributed by atoms with van der Waals surface area (Å²) < 4.78 is 35.9. The molecule has 0 unspecified atom stereocenters. The summed E-state index contributed by atoms with van der Waals surface area (Å²) in [5.41, 5.74) is -3.86. The van der Waals surface area contributed by atoms with Crippen molar-refractivity contribution in [3.8, 4) is 0 Å².